The summed E-state index contributed by atoms with van der Waals surface area (Å²) >= 11 is 0. The van der Waals surface area contributed by atoms with Gasteiger partial charge >= 0.3 is 6.18 Å². The molecule has 3 nitrogen and oxygen atoms in total. The Morgan fingerprint density at radius 2 is 1.95 bits per heavy atom. The highest BCUT2D eigenvalue weighted by molar-refractivity contribution is 6.01. The molecule has 0 radical (unpaired) electrons. The predicted octanol–water partition coefficient (Wildman–Crippen LogP) is 2.25. The second-order valence-corrected chi connectivity index (χ2v) is 4.94. The first kappa shape index (κ1) is 14.0. The number of rotatable bonds is 2. The number of nitrogens with two attached hydrogens (primary N) is 1. The summed E-state index contributed by atoms with van der Waals surface area (Å²) in [4.78, 5) is 12.3. The summed E-state index contributed by atoms with van der Waals surface area (Å²) in [6.07, 6.45) is -4.40. The molecule has 2 atom stereocenters. The van der Waals surface area contributed by atoms with Gasteiger partial charge < -0.3 is 10.5 Å². The zero-order chi connectivity index (χ0) is 14.3. The largest absolute Gasteiger partial charge is 0.416 e. The summed E-state index contributed by atoms with van der Waals surface area (Å²) in [6.45, 7) is 2.14. The lowest BCUT2D eigenvalue weighted by Crippen LogP contribution is -2.44. The van der Waals surface area contributed by atoms with E-state index in [4.69, 9.17) is 10.5 Å². The van der Waals surface area contributed by atoms with E-state index in [0.717, 1.165) is 12.1 Å². The summed E-state index contributed by atoms with van der Waals surface area (Å²) in [5, 5.41) is 0. The molecule has 0 amide bonds. The third kappa shape index (κ3) is 2.50. The Balaban J connectivity index is 2.26. The van der Waals surface area contributed by atoms with Gasteiger partial charge in [0.2, 0.25) is 0 Å². The smallest absolute Gasteiger partial charge is 0.379 e. The topological polar surface area (TPSA) is 52.3 Å². The molecule has 0 aromatic heterocycles. The van der Waals surface area contributed by atoms with Gasteiger partial charge in [0.05, 0.1) is 24.2 Å². The van der Waals surface area contributed by atoms with Gasteiger partial charge in [-0.2, -0.15) is 13.2 Å². The van der Waals surface area contributed by atoms with Crippen LogP contribution in [0.15, 0.2) is 24.3 Å². The average Bonchev–Trinajstić information content (AvgIpc) is 2.69. The maximum Gasteiger partial charge on any atom is 0.416 e. The van der Waals surface area contributed by atoms with Gasteiger partial charge in [-0.05, 0) is 19.1 Å². The van der Waals surface area contributed by atoms with Crippen molar-refractivity contribution in [2.75, 3.05) is 13.2 Å². The van der Waals surface area contributed by atoms with Gasteiger partial charge in [-0.1, -0.05) is 12.1 Å². The van der Waals surface area contributed by atoms with Crippen molar-refractivity contribution in [3.8, 4) is 0 Å². The SMILES string of the molecule is CC1(C(=O)c2ccc(C(F)(F)F)cc2)COCC1N. The van der Waals surface area contributed by atoms with Gasteiger partial charge in [-0.3, -0.25) is 4.79 Å². The van der Waals surface area contributed by atoms with E-state index in [2.05, 4.69) is 0 Å². The summed E-state index contributed by atoms with van der Waals surface area (Å²) in [5.74, 6) is -0.286. The van der Waals surface area contributed by atoms with E-state index in [1.807, 2.05) is 0 Å². The summed E-state index contributed by atoms with van der Waals surface area (Å²) in [5.41, 5.74) is 4.39. The minimum atomic E-state index is -4.40. The van der Waals surface area contributed by atoms with Crippen LogP contribution in [0, 0.1) is 5.41 Å². The minimum absolute atomic E-state index is 0.189. The Morgan fingerprint density at radius 1 is 1.37 bits per heavy atom. The fourth-order valence-electron chi connectivity index (χ4n) is 2.06. The molecule has 104 valence electrons. The Morgan fingerprint density at radius 3 is 2.37 bits per heavy atom. The number of alkyl halides is 3. The van der Waals surface area contributed by atoms with E-state index < -0.39 is 23.2 Å². The van der Waals surface area contributed by atoms with Crippen LogP contribution in [0.3, 0.4) is 0 Å². The molecule has 2 N–H and O–H groups in total. The van der Waals surface area contributed by atoms with Crippen LogP contribution in [0.5, 0.6) is 0 Å². The first-order chi connectivity index (χ1) is 8.75. The number of carbonyl (C=O) groups is 1. The highest BCUT2D eigenvalue weighted by Crippen LogP contribution is 2.33. The maximum atomic E-state index is 12.4. The van der Waals surface area contributed by atoms with Crippen molar-refractivity contribution in [2.24, 2.45) is 11.1 Å². The minimum Gasteiger partial charge on any atom is -0.379 e. The molecule has 19 heavy (non-hydrogen) atoms. The zero-order valence-electron chi connectivity index (χ0n) is 10.3. The summed E-state index contributed by atoms with van der Waals surface area (Å²) in [7, 11) is 0. The maximum absolute atomic E-state index is 12.4. The van der Waals surface area contributed by atoms with E-state index in [9.17, 15) is 18.0 Å². The van der Waals surface area contributed by atoms with Gasteiger partial charge in [0.25, 0.3) is 0 Å². The first-order valence-corrected chi connectivity index (χ1v) is 5.80. The zero-order valence-corrected chi connectivity index (χ0v) is 10.3. The molecule has 1 aromatic rings. The van der Waals surface area contributed by atoms with E-state index in [1.54, 1.807) is 6.92 Å². The molecule has 1 heterocycles. The second kappa shape index (κ2) is 4.61. The van der Waals surface area contributed by atoms with Crippen molar-refractivity contribution in [3.63, 3.8) is 0 Å². The Hall–Kier alpha value is -1.40. The average molecular weight is 273 g/mol. The van der Waals surface area contributed by atoms with E-state index in [0.29, 0.717) is 0 Å². The molecule has 1 aromatic carbocycles. The molecular weight excluding hydrogens is 259 g/mol. The Labute approximate surface area is 108 Å². The van der Waals surface area contributed by atoms with E-state index >= 15 is 0 Å². The first-order valence-electron chi connectivity index (χ1n) is 5.80. The molecule has 2 unspecified atom stereocenters. The van der Waals surface area contributed by atoms with Gasteiger partial charge in [0, 0.05) is 11.6 Å². The molecule has 1 aliphatic heterocycles. The Kier molecular flexibility index (Phi) is 3.40. The van der Waals surface area contributed by atoms with Crippen LogP contribution in [0.4, 0.5) is 13.2 Å². The van der Waals surface area contributed by atoms with Crippen LogP contribution in [0.25, 0.3) is 0 Å². The lowest BCUT2D eigenvalue weighted by atomic mass is 9.78. The molecule has 0 saturated carbocycles. The molecule has 1 saturated heterocycles. The van der Waals surface area contributed by atoms with Gasteiger partial charge in [-0.25, -0.2) is 0 Å². The highest BCUT2D eigenvalue weighted by Gasteiger charge is 2.44. The number of benzene rings is 1. The monoisotopic (exact) mass is 273 g/mol. The molecule has 6 heteroatoms. The van der Waals surface area contributed by atoms with E-state index in [1.165, 1.54) is 12.1 Å². The van der Waals surface area contributed by atoms with Crippen molar-refractivity contribution >= 4 is 5.78 Å². The van der Waals surface area contributed by atoms with Gasteiger partial charge in [0.1, 0.15) is 0 Å². The summed E-state index contributed by atoms with van der Waals surface area (Å²) < 4.78 is 42.5. The van der Waals surface area contributed by atoms with Gasteiger partial charge in [0.15, 0.2) is 5.78 Å². The van der Waals surface area contributed by atoms with Crippen LogP contribution in [0.2, 0.25) is 0 Å². The molecule has 1 aliphatic rings. The van der Waals surface area contributed by atoms with E-state index in [-0.39, 0.29) is 24.6 Å². The molecule has 0 aliphatic carbocycles. The van der Waals surface area contributed by atoms with Gasteiger partial charge in [-0.15, -0.1) is 0 Å². The molecule has 0 bridgehead atoms. The van der Waals surface area contributed by atoms with Crippen LogP contribution < -0.4 is 5.73 Å². The number of ketones is 1. The molecular formula is C13H14F3NO2. The number of carbonyl (C=O) groups excluding carboxylic acids is 1. The predicted molar refractivity (Wildman–Crippen MR) is 62.7 cm³/mol. The number of ether oxygens (including phenoxy) is 1. The number of halogens is 3. The normalized spacial score (nSPS) is 27.5. The van der Waals surface area contributed by atoms with Crippen molar-refractivity contribution in [1.29, 1.82) is 0 Å². The van der Waals surface area contributed by atoms with Crippen molar-refractivity contribution in [2.45, 2.75) is 19.1 Å². The summed E-state index contributed by atoms with van der Waals surface area (Å²) in [6, 6.07) is 3.72. The van der Waals surface area contributed by atoms with Crippen LogP contribution in [0.1, 0.15) is 22.8 Å². The molecule has 1 fully saturated rings. The lowest BCUT2D eigenvalue weighted by molar-refractivity contribution is -0.137. The number of hydrogen-bond acceptors (Lipinski definition) is 3. The van der Waals surface area contributed by atoms with Crippen molar-refractivity contribution < 1.29 is 22.7 Å². The number of Topliss-reactive ketones (excluding diaryl/α,β-unsaturated/α-hetero) is 1. The third-order valence-electron chi connectivity index (χ3n) is 3.51. The standard InChI is InChI=1S/C13H14F3NO2/c1-12(7-19-6-10(12)17)11(18)8-2-4-9(5-3-8)13(14,15)16/h2-5,10H,6-7,17H2,1H3. The number of hydrogen-bond donors (Lipinski definition) is 1. The van der Waals surface area contributed by atoms with Crippen LogP contribution >= 0.6 is 0 Å². The van der Waals surface area contributed by atoms with Crippen LogP contribution in [-0.2, 0) is 10.9 Å². The van der Waals surface area contributed by atoms with Crippen molar-refractivity contribution in [3.05, 3.63) is 35.4 Å². The quantitative estimate of drug-likeness (QED) is 0.841. The third-order valence-corrected chi connectivity index (χ3v) is 3.51. The van der Waals surface area contributed by atoms with Crippen LogP contribution in [-0.4, -0.2) is 25.0 Å². The lowest BCUT2D eigenvalue weighted by Gasteiger charge is -2.25. The highest BCUT2D eigenvalue weighted by atomic mass is 19.4. The molecule has 0 spiro atoms. The fraction of sp³-hybridized carbons (Fsp3) is 0.462. The molecule has 2 rings (SSSR count). The fourth-order valence-corrected chi connectivity index (χ4v) is 2.06. The van der Waals surface area contributed by atoms with Crippen molar-refractivity contribution in [1.82, 2.24) is 0 Å². The Bertz CT molecular complexity index is 484. The second-order valence-electron chi connectivity index (χ2n) is 4.94.